The normalized spacial score (nSPS) is 25.0. The maximum Gasteiger partial charge on any atom is 0.0758 e. The Bertz CT molecular complexity index is 419. The summed E-state index contributed by atoms with van der Waals surface area (Å²) in [5, 5.41) is 13.6. The van der Waals surface area contributed by atoms with E-state index in [9.17, 15) is 5.11 Å². The third-order valence-corrected chi connectivity index (χ3v) is 4.52. The number of likely N-dealkylation sites (tertiary alicyclic amines) is 1. The lowest BCUT2D eigenvalue weighted by Gasteiger charge is -2.23. The molecule has 0 aliphatic carbocycles. The second-order valence-electron chi connectivity index (χ2n) is 5.97. The predicted octanol–water partition coefficient (Wildman–Crippen LogP) is 2.95. The summed E-state index contributed by atoms with van der Waals surface area (Å²) >= 11 is 3.48. The molecule has 0 aromatic heterocycles. The Morgan fingerprint density at radius 3 is 2.65 bits per heavy atom. The van der Waals surface area contributed by atoms with E-state index >= 15 is 0 Å². The van der Waals surface area contributed by atoms with Gasteiger partial charge in [0, 0.05) is 30.1 Å². The van der Waals surface area contributed by atoms with Gasteiger partial charge in [-0.15, -0.1) is 0 Å². The molecule has 1 aliphatic heterocycles. The van der Waals surface area contributed by atoms with Gasteiger partial charge in [0.1, 0.15) is 0 Å². The molecule has 2 unspecified atom stereocenters. The lowest BCUT2D eigenvalue weighted by Crippen LogP contribution is -2.32. The van der Waals surface area contributed by atoms with Gasteiger partial charge >= 0.3 is 0 Å². The van der Waals surface area contributed by atoms with Crippen molar-refractivity contribution in [1.82, 2.24) is 10.2 Å². The zero-order valence-corrected chi connectivity index (χ0v) is 14.0. The molecule has 0 spiro atoms. The van der Waals surface area contributed by atoms with E-state index in [0.29, 0.717) is 6.04 Å². The van der Waals surface area contributed by atoms with Crippen LogP contribution in [0, 0.1) is 0 Å². The molecular weight excluding hydrogens is 316 g/mol. The summed E-state index contributed by atoms with van der Waals surface area (Å²) < 4.78 is 1.12. The molecule has 0 radical (unpaired) electrons. The number of hydrogen-bond acceptors (Lipinski definition) is 3. The Morgan fingerprint density at radius 2 is 2.10 bits per heavy atom. The summed E-state index contributed by atoms with van der Waals surface area (Å²) in [5.74, 6) is 0. The predicted molar refractivity (Wildman–Crippen MR) is 86.9 cm³/mol. The van der Waals surface area contributed by atoms with Crippen LogP contribution in [0.5, 0.6) is 0 Å². The number of benzene rings is 1. The molecule has 1 saturated heterocycles. The SMILES string of the molecule is CCNC(CCN1CCC(C)(O)C1)c1ccc(Br)cc1. The van der Waals surface area contributed by atoms with E-state index in [-0.39, 0.29) is 0 Å². The number of nitrogens with one attached hydrogen (secondary N) is 1. The number of hydrogen-bond donors (Lipinski definition) is 2. The number of aliphatic hydroxyl groups is 1. The van der Waals surface area contributed by atoms with E-state index < -0.39 is 5.60 Å². The van der Waals surface area contributed by atoms with Crippen molar-refractivity contribution in [3.05, 3.63) is 34.3 Å². The Morgan fingerprint density at radius 1 is 1.40 bits per heavy atom. The third kappa shape index (κ3) is 4.55. The molecule has 20 heavy (non-hydrogen) atoms. The molecule has 0 saturated carbocycles. The number of β-amino-alcohol motifs (C(OH)–C–C–N with tert-alkyl or cyclic N) is 1. The van der Waals surface area contributed by atoms with Crippen molar-refractivity contribution in [1.29, 1.82) is 0 Å². The van der Waals surface area contributed by atoms with Gasteiger partial charge in [-0.1, -0.05) is 35.0 Å². The van der Waals surface area contributed by atoms with Gasteiger partial charge in [0.05, 0.1) is 5.60 Å². The van der Waals surface area contributed by atoms with Crippen LogP contribution in [0.4, 0.5) is 0 Å². The molecule has 112 valence electrons. The van der Waals surface area contributed by atoms with Gasteiger partial charge in [-0.25, -0.2) is 0 Å². The molecule has 1 aromatic carbocycles. The zero-order valence-electron chi connectivity index (χ0n) is 12.4. The summed E-state index contributed by atoms with van der Waals surface area (Å²) in [4.78, 5) is 2.36. The minimum atomic E-state index is -0.495. The fourth-order valence-electron chi connectivity index (χ4n) is 2.87. The van der Waals surface area contributed by atoms with Crippen molar-refractivity contribution < 1.29 is 5.11 Å². The van der Waals surface area contributed by atoms with Gasteiger partial charge in [-0.05, 0) is 44.0 Å². The second-order valence-corrected chi connectivity index (χ2v) is 6.89. The maximum atomic E-state index is 10.0. The highest BCUT2D eigenvalue weighted by Gasteiger charge is 2.31. The summed E-state index contributed by atoms with van der Waals surface area (Å²) in [6.07, 6.45) is 1.96. The largest absolute Gasteiger partial charge is 0.389 e. The molecule has 2 atom stereocenters. The monoisotopic (exact) mass is 340 g/mol. The molecule has 0 amide bonds. The van der Waals surface area contributed by atoms with Crippen LogP contribution in [0.3, 0.4) is 0 Å². The first-order valence-corrected chi connectivity index (χ1v) is 8.23. The molecule has 1 heterocycles. The van der Waals surface area contributed by atoms with Crippen LogP contribution in [-0.2, 0) is 0 Å². The van der Waals surface area contributed by atoms with E-state index in [0.717, 1.165) is 43.5 Å². The zero-order chi connectivity index (χ0) is 14.6. The van der Waals surface area contributed by atoms with Crippen molar-refractivity contribution in [3.63, 3.8) is 0 Å². The van der Waals surface area contributed by atoms with E-state index in [4.69, 9.17) is 0 Å². The number of nitrogens with zero attached hydrogens (tertiary/aromatic N) is 1. The Labute approximate surface area is 130 Å². The lowest BCUT2D eigenvalue weighted by atomic mass is 10.0. The molecular formula is C16H25BrN2O. The Balaban J connectivity index is 1.91. The van der Waals surface area contributed by atoms with E-state index in [1.54, 1.807) is 0 Å². The van der Waals surface area contributed by atoms with Gasteiger partial charge < -0.3 is 15.3 Å². The molecule has 2 rings (SSSR count). The first-order valence-electron chi connectivity index (χ1n) is 7.44. The van der Waals surface area contributed by atoms with Crippen molar-refractivity contribution in [2.24, 2.45) is 0 Å². The average Bonchev–Trinajstić information content (AvgIpc) is 2.75. The summed E-state index contributed by atoms with van der Waals surface area (Å²) in [6, 6.07) is 8.94. The van der Waals surface area contributed by atoms with Crippen LogP contribution in [0.1, 0.15) is 38.3 Å². The highest BCUT2D eigenvalue weighted by molar-refractivity contribution is 9.10. The first-order chi connectivity index (χ1) is 9.50. The molecule has 4 heteroatoms. The summed E-state index contributed by atoms with van der Waals surface area (Å²) in [5.41, 5.74) is 0.840. The van der Waals surface area contributed by atoms with Crippen molar-refractivity contribution in [3.8, 4) is 0 Å². The van der Waals surface area contributed by atoms with Crippen LogP contribution in [-0.4, -0.2) is 41.8 Å². The molecule has 1 aromatic rings. The van der Waals surface area contributed by atoms with Gasteiger partial charge in [0.15, 0.2) is 0 Å². The van der Waals surface area contributed by atoms with Gasteiger partial charge in [0.2, 0.25) is 0 Å². The van der Waals surface area contributed by atoms with Crippen LogP contribution >= 0.6 is 15.9 Å². The number of rotatable bonds is 6. The van der Waals surface area contributed by atoms with Crippen molar-refractivity contribution in [2.45, 2.75) is 38.3 Å². The van der Waals surface area contributed by atoms with Crippen molar-refractivity contribution >= 4 is 15.9 Å². The minimum absolute atomic E-state index is 0.388. The molecule has 1 aliphatic rings. The topological polar surface area (TPSA) is 35.5 Å². The Hall–Kier alpha value is -0.420. The molecule has 0 bridgehead atoms. The molecule has 2 N–H and O–H groups in total. The van der Waals surface area contributed by atoms with E-state index in [2.05, 4.69) is 57.3 Å². The lowest BCUT2D eigenvalue weighted by molar-refractivity contribution is 0.0683. The second kappa shape index (κ2) is 7.03. The van der Waals surface area contributed by atoms with Crippen LogP contribution in [0.25, 0.3) is 0 Å². The van der Waals surface area contributed by atoms with Crippen LogP contribution in [0.15, 0.2) is 28.7 Å². The van der Waals surface area contributed by atoms with Gasteiger partial charge in [-0.3, -0.25) is 0 Å². The fraction of sp³-hybridized carbons (Fsp3) is 0.625. The number of halogens is 1. The summed E-state index contributed by atoms with van der Waals surface area (Å²) in [7, 11) is 0. The minimum Gasteiger partial charge on any atom is -0.389 e. The van der Waals surface area contributed by atoms with E-state index in [1.165, 1.54) is 5.56 Å². The van der Waals surface area contributed by atoms with Crippen LogP contribution in [0.2, 0.25) is 0 Å². The van der Waals surface area contributed by atoms with E-state index in [1.807, 2.05) is 6.92 Å². The van der Waals surface area contributed by atoms with Crippen molar-refractivity contribution in [2.75, 3.05) is 26.2 Å². The highest BCUT2D eigenvalue weighted by Crippen LogP contribution is 2.24. The highest BCUT2D eigenvalue weighted by atomic mass is 79.9. The standard InChI is InChI=1S/C16H25BrN2O/c1-3-18-15(13-4-6-14(17)7-5-13)8-10-19-11-9-16(2,20)12-19/h4-7,15,18,20H,3,8-12H2,1-2H3. The smallest absolute Gasteiger partial charge is 0.0758 e. The maximum absolute atomic E-state index is 10.0. The molecule has 1 fully saturated rings. The molecule has 3 nitrogen and oxygen atoms in total. The summed E-state index contributed by atoms with van der Waals surface area (Å²) in [6.45, 7) is 7.89. The fourth-order valence-corrected chi connectivity index (χ4v) is 3.13. The van der Waals surface area contributed by atoms with Crippen LogP contribution < -0.4 is 5.32 Å². The first kappa shape index (κ1) is 16.0. The van der Waals surface area contributed by atoms with Gasteiger partial charge in [-0.2, -0.15) is 0 Å². The Kier molecular flexibility index (Phi) is 5.61. The third-order valence-electron chi connectivity index (χ3n) is 3.99. The average molecular weight is 341 g/mol. The van der Waals surface area contributed by atoms with Gasteiger partial charge in [0.25, 0.3) is 0 Å². The quantitative estimate of drug-likeness (QED) is 0.835.